The molecule has 2 aromatic heterocycles. The average molecular weight is 280 g/mol. The van der Waals surface area contributed by atoms with Gasteiger partial charge in [-0.1, -0.05) is 25.1 Å². The Kier molecular flexibility index (Phi) is 4.02. The van der Waals surface area contributed by atoms with Gasteiger partial charge in [0.2, 0.25) is 0 Å². The van der Waals surface area contributed by atoms with Crippen molar-refractivity contribution in [1.82, 2.24) is 10.3 Å². The lowest BCUT2D eigenvalue weighted by Crippen LogP contribution is -2.23. The summed E-state index contributed by atoms with van der Waals surface area (Å²) in [6, 6.07) is 12.6. The average Bonchev–Trinajstić information content (AvgIpc) is 2.94. The normalized spacial score (nSPS) is 12.7. The van der Waals surface area contributed by atoms with E-state index in [0.29, 0.717) is 0 Å². The number of furan rings is 1. The first-order valence-electron chi connectivity index (χ1n) is 7.41. The van der Waals surface area contributed by atoms with Gasteiger partial charge in [0.15, 0.2) is 0 Å². The molecule has 0 aliphatic carbocycles. The molecule has 108 valence electrons. The van der Waals surface area contributed by atoms with Gasteiger partial charge in [-0.3, -0.25) is 4.98 Å². The fraction of sp³-hybridized carbons (Fsp3) is 0.278. The zero-order chi connectivity index (χ0) is 14.7. The Morgan fingerprint density at radius 2 is 2.10 bits per heavy atom. The molecule has 0 amide bonds. The van der Waals surface area contributed by atoms with Crippen molar-refractivity contribution in [3.05, 3.63) is 65.7 Å². The van der Waals surface area contributed by atoms with Crippen molar-refractivity contribution in [2.24, 2.45) is 0 Å². The molecule has 0 aliphatic rings. The largest absolute Gasteiger partial charge is 0.469 e. The molecule has 0 saturated heterocycles. The predicted octanol–water partition coefficient (Wildman–Crippen LogP) is 4.23. The van der Waals surface area contributed by atoms with E-state index in [1.165, 1.54) is 16.5 Å². The molecule has 3 nitrogen and oxygen atoms in total. The van der Waals surface area contributed by atoms with Gasteiger partial charge >= 0.3 is 0 Å². The van der Waals surface area contributed by atoms with Crippen LogP contribution in [0.1, 0.15) is 36.3 Å². The van der Waals surface area contributed by atoms with E-state index in [2.05, 4.69) is 29.4 Å². The Morgan fingerprint density at radius 3 is 2.86 bits per heavy atom. The first kappa shape index (κ1) is 13.8. The number of aromatic nitrogens is 1. The standard InChI is InChI=1S/C18H20N2O/c1-3-9-19-18(16-8-10-21-13(16)2)15-11-14-6-4-5-7-17(14)20-12-15/h4-8,10-12,18-19H,3,9H2,1-2H3. The molecule has 21 heavy (non-hydrogen) atoms. The summed E-state index contributed by atoms with van der Waals surface area (Å²) in [6.07, 6.45) is 4.80. The van der Waals surface area contributed by atoms with Crippen LogP contribution >= 0.6 is 0 Å². The lowest BCUT2D eigenvalue weighted by Gasteiger charge is -2.18. The molecule has 3 aromatic rings. The van der Waals surface area contributed by atoms with Gasteiger partial charge in [0, 0.05) is 17.1 Å². The van der Waals surface area contributed by atoms with E-state index >= 15 is 0 Å². The Balaban J connectivity index is 2.03. The van der Waals surface area contributed by atoms with Crippen LogP contribution in [0.5, 0.6) is 0 Å². The highest BCUT2D eigenvalue weighted by Crippen LogP contribution is 2.27. The Bertz CT molecular complexity index is 733. The molecule has 3 heteroatoms. The molecule has 0 spiro atoms. The molecule has 1 aromatic carbocycles. The monoisotopic (exact) mass is 280 g/mol. The number of fused-ring (bicyclic) bond motifs is 1. The summed E-state index contributed by atoms with van der Waals surface area (Å²) in [5.74, 6) is 0.955. The van der Waals surface area contributed by atoms with Gasteiger partial charge in [0.05, 0.1) is 17.8 Å². The number of aryl methyl sites for hydroxylation is 1. The third kappa shape index (κ3) is 2.83. The second kappa shape index (κ2) is 6.10. The number of pyridine rings is 1. The smallest absolute Gasteiger partial charge is 0.105 e. The minimum atomic E-state index is 0.126. The first-order chi connectivity index (χ1) is 10.3. The lowest BCUT2D eigenvalue weighted by atomic mass is 9.99. The predicted molar refractivity (Wildman–Crippen MR) is 85.3 cm³/mol. The van der Waals surface area contributed by atoms with Crippen molar-refractivity contribution >= 4 is 10.9 Å². The van der Waals surface area contributed by atoms with Crippen LogP contribution in [0.3, 0.4) is 0 Å². The van der Waals surface area contributed by atoms with Crippen LogP contribution in [0, 0.1) is 6.92 Å². The van der Waals surface area contributed by atoms with Crippen LogP contribution in [-0.4, -0.2) is 11.5 Å². The molecule has 1 unspecified atom stereocenters. The number of hydrogen-bond acceptors (Lipinski definition) is 3. The molecular formula is C18H20N2O. The maximum atomic E-state index is 5.47. The molecule has 1 atom stereocenters. The van der Waals surface area contributed by atoms with Crippen LogP contribution in [0.25, 0.3) is 10.9 Å². The topological polar surface area (TPSA) is 38.1 Å². The number of hydrogen-bond donors (Lipinski definition) is 1. The van der Waals surface area contributed by atoms with Gasteiger partial charge < -0.3 is 9.73 Å². The summed E-state index contributed by atoms with van der Waals surface area (Å²) in [6.45, 7) is 5.14. The summed E-state index contributed by atoms with van der Waals surface area (Å²) < 4.78 is 5.47. The molecule has 1 N–H and O–H groups in total. The van der Waals surface area contributed by atoms with Gasteiger partial charge in [0.1, 0.15) is 5.76 Å². The molecule has 0 radical (unpaired) electrons. The SMILES string of the molecule is CCCNC(c1cnc2ccccc2c1)c1ccoc1C. The summed E-state index contributed by atoms with van der Waals surface area (Å²) >= 11 is 0. The summed E-state index contributed by atoms with van der Waals surface area (Å²) in [5.41, 5.74) is 3.38. The molecule has 0 saturated carbocycles. The molecule has 2 heterocycles. The fourth-order valence-electron chi connectivity index (χ4n) is 2.64. The first-order valence-corrected chi connectivity index (χ1v) is 7.41. The third-order valence-corrected chi connectivity index (χ3v) is 3.75. The van der Waals surface area contributed by atoms with E-state index < -0.39 is 0 Å². The van der Waals surface area contributed by atoms with Crippen molar-refractivity contribution < 1.29 is 4.42 Å². The van der Waals surface area contributed by atoms with E-state index in [9.17, 15) is 0 Å². The van der Waals surface area contributed by atoms with Gasteiger partial charge in [0.25, 0.3) is 0 Å². The van der Waals surface area contributed by atoms with Crippen LogP contribution < -0.4 is 5.32 Å². The molecule has 0 bridgehead atoms. The Morgan fingerprint density at radius 1 is 1.24 bits per heavy atom. The van der Waals surface area contributed by atoms with Gasteiger partial charge in [-0.2, -0.15) is 0 Å². The van der Waals surface area contributed by atoms with Crippen LogP contribution in [0.2, 0.25) is 0 Å². The molecular weight excluding hydrogens is 260 g/mol. The maximum Gasteiger partial charge on any atom is 0.105 e. The minimum absolute atomic E-state index is 0.126. The third-order valence-electron chi connectivity index (χ3n) is 3.75. The van der Waals surface area contributed by atoms with E-state index in [1.54, 1.807) is 6.26 Å². The quantitative estimate of drug-likeness (QED) is 0.760. The van der Waals surface area contributed by atoms with Gasteiger partial charge in [-0.15, -0.1) is 0 Å². The highest BCUT2D eigenvalue weighted by Gasteiger charge is 2.18. The van der Waals surface area contributed by atoms with Gasteiger partial charge in [-0.05, 0) is 43.7 Å². The van der Waals surface area contributed by atoms with E-state index in [4.69, 9.17) is 4.42 Å². The minimum Gasteiger partial charge on any atom is -0.469 e. The zero-order valence-corrected chi connectivity index (χ0v) is 12.5. The number of benzene rings is 1. The van der Waals surface area contributed by atoms with Crippen molar-refractivity contribution in [3.63, 3.8) is 0 Å². The number of nitrogens with one attached hydrogen (secondary N) is 1. The van der Waals surface area contributed by atoms with Gasteiger partial charge in [-0.25, -0.2) is 0 Å². The maximum absolute atomic E-state index is 5.47. The van der Waals surface area contributed by atoms with E-state index in [0.717, 1.165) is 24.2 Å². The van der Waals surface area contributed by atoms with Crippen LogP contribution in [0.15, 0.2) is 53.3 Å². The van der Waals surface area contributed by atoms with Crippen molar-refractivity contribution in [2.45, 2.75) is 26.3 Å². The second-order valence-corrected chi connectivity index (χ2v) is 5.28. The van der Waals surface area contributed by atoms with Crippen molar-refractivity contribution in [1.29, 1.82) is 0 Å². The summed E-state index contributed by atoms with van der Waals surface area (Å²) in [4.78, 5) is 4.58. The number of para-hydroxylation sites is 1. The van der Waals surface area contributed by atoms with Crippen molar-refractivity contribution in [3.8, 4) is 0 Å². The lowest BCUT2D eigenvalue weighted by molar-refractivity contribution is 0.517. The van der Waals surface area contributed by atoms with Crippen molar-refractivity contribution in [2.75, 3.05) is 6.54 Å². The van der Waals surface area contributed by atoms with Crippen LogP contribution in [-0.2, 0) is 0 Å². The summed E-state index contributed by atoms with van der Waals surface area (Å²) in [5, 5.41) is 4.76. The summed E-state index contributed by atoms with van der Waals surface area (Å²) in [7, 11) is 0. The molecule has 0 fully saturated rings. The molecule has 3 rings (SSSR count). The second-order valence-electron chi connectivity index (χ2n) is 5.28. The number of nitrogens with zero attached hydrogens (tertiary/aromatic N) is 1. The Hall–Kier alpha value is -2.13. The van der Waals surface area contributed by atoms with Crippen LogP contribution in [0.4, 0.5) is 0 Å². The Labute approximate surface area is 125 Å². The molecule has 0 aliphatic heterocycles. The van der Waals surface area contributed by atoms with E-state index in [1.807, 2.05) is 37.4 Å². The van der Waals surface area contributed by atoms with E-state index in [-0.39, 0.29) is 6.04 Å². The highest BCUT2D eigenvalue weighted by molar-refractivity contribution is 5.79. The number of rotatable bonds is 5. The fourth-order valence-corrected chi connectivity index (χ4v) is 2.64. The zero-order valence-electron chi connectivity index (χ0n) is 12.5. The highest BCUT2D eigenvalue weighted by atomic mass is 16.3.